The summed E-state index contributed by atoms with van der Waals surface area (Å²) in [5.74, 6) is -0.352. The number of carbonyl (C=O) groups is 2. The molecule has 0 aliphatic carbocycles. The molecule has 1 aromatic carbocycles. The largest absolute Gasteiger partial charge is 0.361 e. The maximum Gasteiger partial charge on any atom is 0.263 e. The number of halogens is 1. The molecule has 4 nitrogen and oxygen atoms in total. The number of carbonyl (C=O) groups excluding carboxylic acids is 2. The summed E-state index contributed by atoms with van der Waals surface area (Å²) in [6.07, 6.45) is 3.93. The van der Waals surface area contributed by atoms with Crippen LogP contribution in [-0.2, 0) is 14.3 Å². The van der Waals surface area contributed by atoms with Gasteiger partial charge in [0, 0.05) is 18.3 Å². The predicted molar refractivity (Wildman–Crippen MR) is 119 cm³/mol. The van der Waals surface area contributed by atoms with Crippen LogP contribution in [0.2, 0.25) is 25.7 Å². The van der Waals surface area contributed by atoms with E-state index in [9.17, 15) is 9.59 Å². The number of amides is 1. The van der Waals surface area contributed by atoms with Gasteiger partial charge in [0.1, 0.15) is 6.73 Å². The first-order valence-corrected chi connectivity index (χ1v) is 13.4. The minimum atomic E-state index is -1.21. The molecule has 6 heteroatoms. The Hall–Kier alpha value is -1.25. The smallest absolute Gasteiger partial charge is 0.263 e. The first-order chi connectivity index (χ1) is 12.2. The molecule has 0 radical (unpaired) electrons. The molecule has 1 rings (SSSR count). The van der Waals surface area contributed by atoms with Gasteiger partial charge in [0.05, 0.1) is 11.3 Å². The number of allylic oxidation sites excluding steroid dienone is 3. The molecule has 0 atom stereocenters. The standard InChI is InChI=1S/C20H28INO3Si/c1-16(2)10-11-17(14-23)20(24)22(15-25-12-13-26(3,4)5)19-9-7-6-8-18(19)21/h6-11,14H,12-13,15H2,1-5H3/b17-11-. The molecular weight excluding hydrogens is 457 g/mol. The van der Waals surface area contributed by atoms with Crippen molar-refractivity contribution in [2.45, 2.75) is 39.5 Å². The molecule has 0 spiro atoms. The molecule has 1 aromatic rings. The highest BCUT2D eigenvalue weighted by molar-refractivity contribution is 14.1. The van der Waals surface area contributed by atoms with Gasteiger partial charge in [-0.15, -0.1) is 0 Å². The number of benzene rings is 1. The van der Waals surface area contributed by atoms with Crippen molar-refractivity contribution in [3.8, 4) is 0 Å². The fourth-order valence-electron chi connectivity index (χ4n) is 2.02. The summed E-state index contributed by atoms with van der Waals surface area (Å²) in [7, 11) is -1.21. The van der Waals surface area contributed by atoms with Gasteiger partial charge in [-0.05, 0) is 60.7 Å². The lowest BCUT2D eigenvalue weighted by Crippen LogP contribution is -2.36. The van der Waals surface area contributed by atoms with Gasteiger partial charge in [-0.1, -0.05) is 43.4 Å². The third-order valence-corrected chi connectivity index (χ3v) is 6.19. The molecule has 0 aliphatic heterocycles. The Labute approximate surface area is 171 Å². The van der Waals surface area contributed by atoms with Gasteiger partial charge in [0.15, 0.2) is 6.29 Å². The summed E-state index contributed by atoms with van der Waals surface area (Å²) in [5, 5.41) is 0. The molecular formula is C20H28INO3Si. The molecule has 0 saturated carbocycles. The van der Waals surface area contributed by atoms with Crippen molar-refractivity contribution >= 4 is 48.5 Å². The van der Waals surface area contributed by atoms with Crippen LogP contribution in [0.1, 0.15) is 13.8 Å². The van der Waals surface area contributed by atoms with E-state index < -0.39 is 8.07 Å². The number of ether oxygens (including phenoxy) is 1. The lowest BCUT2D eigenvalue weighted by atomic mass is 10.2. The highest BCUT2D eigenvalue weighted by Crippen LogP contribution is 2.23. The van der Waals surface area contributed by atoms with E-state index in [-0.39, 0.29) is 18.2 Å². The molecule has 26 heavy (non-hydrogen) atoms. The van der Waals surface area contributed by atoms with Gasteiger partial charge in [-0.2, -0.15) is 0 Å². The fourth-order valence-corrected chi connectivity index (χ4v) is 3.45. The van der Waals surface area contributed by atoms with Gasteiger partial charge in [-0.3, -0.25) is 14.5 Å². The maximum absolute atomic E-state index is 13.0. The minimum absolute atomic E-state index is 0.111. The van der Waals surface area contributed by atoms with Gasteiger partial charge < -0.3 is 4.74 Å². The second kappa shape index (κ2) is 10.8. The maximum atomic E-state index is 13.0. The summed E-state index contributed by atoms with van der Waals surface area (Å²) >= 11 is 2.19. The molecule has 0 aliphatic rings. The fraction of sp³-hybridized carbons (Fsp3) is 0.400. The summed E-state index contributed by atoms with van der Waals surface area (Å²) in [6, 6.07) is 8.61. The highest BCUT2D eigenvalue weighted by atomic mass is 127. The Morgan fingerprint density at radius 3 is 2.38 bits per heavy atom. The second-order valence-corrected chi connectivity index (χ2v) is 14.3. The van der Waals surface area contributed by atoms with E-state index >= 15 is 0 Å². The Bertz CT molecular complexity index is 689. The second-order valence-electron chi connectivity index (χ2n) is 7.52. The topological polar surface area (TPSA) is 46.6 Å². The van der Waals surface area contributed by atoms with E-state index in [0.717, 1.165) is 20.9 Å². The summed E-state index contributed by atoms with van der Waals surface area (Å²) < 4.78 is 6.73. The quantitative estimate of drug-likeness (QED) is 0.0568. The number of nitrogens with zero attached hydrogens (tertiary/aromatic N) is 1. The average molecular weight is 485 g/mol. The highest BCUT2D eigenvalue weighted by Gasteiger charge is 2.22. The van der Waals surface area contributed by atoms with Crippen LogP contribution in [0.15, 0.2) is 47.6 Å². The molecule has 0 aromatic heterocycles. The molecule has 0 heterocycles. The van der Waals surface area contributed by atoms with Crippen LogP contribution in [0, 0.1) is 3.57 Å². The monoisotopic (exact) mass is 485 g/mol. The molecule has 1 amide bonds. The van der Waals surface area contributed by atoms with Gasteiger partial charge in [-0.25, -0.2) is 0 Å². The van der Waals surface area contributed by atoms with Crippen LogP contribution in [0.5, 0.6) is 0 Å². The normalized spacial score (nSPS) is 11.8. The first kappa shape index (κ1) is 22.8. The van der Waals surface area contributed by atoms with E-state index in [1.54, 1.807) is 12.2 Å². The number of hydrogen-bond donors (Lipinski definition) is 0. The Morgan fingerprint density at radius 1 is 1.19 bits per heavy atom. The average Bonchev–Trinajstić information content (AvgIpc) is 2.55. The number of anilines is 1. The lowest BCUT2D eigenvalue weighted by molar-refractivity contribution is -0.118. The zero-order chi connectivity index (χ0) is 19.7. The van der Waals surface area contributed by atoms with E-state index in [1.807, 2.05) is 38.1 Å². The van der Waals surface area contributed by atoms with Crippen LogP contribution < -0.4 is 4.90 Å². The van der Waals surface area contributed by atoms with E-state index in [4.69, 9.17) is 4.74 Å². The zero-order valence-corrected chi connectivity index (χ0v) is 19.4. The SMILES string of the molecule is CC(C)=C/C=C(/C=O)C(=O)N(COCC[Si](C)(C)C)c1ccccc1I. The van der Waals surface area contributed by atoms with Crippen molar-refractivity contribution in [3.05, 3.63) is 51.1 Å². The number of aldehydes is 1. The van der Waals surface area contributed by atoms with Gasteiger partial charge >= 0.3 is 0 Å². The van der Waals surface area contributed by atoms with Crippen LogP contribution in [0.4, 0.5) is 5.69 Å². The number of para-hydroxylation sites is 1. The van der Waals surface area contributed by atoms with Crippen molar-refractivity contribution in [2.75, 3.05) is 18.2 Å². The number of rotatable bonds is 9. The lowest BCUT2D eigenvalue weighted by Gasteiger charge is -2.24. The van der Waals surface area contributed by atoms with Crippen LogP contribution >= 0.6 is 22.6 Å². The van der Waals surface area contributed by atoms with Gasteiger partial charge in [0.25, 0.3) is 5.91 Å². The molecule has 0 N–H and O–H groups in total. The van der Waals surface area contributed by atoms with Crippen molar-refractivity contribution in [2.24, 2.45) is 0 Å². The van der Waals surface area contributed by atoms with Crippen molar-refractivity contribution in [3.63, 3.8) is 0 Å². The van der Waals surface area contributed by atoms with E-state index in [2.05, 4.69) is 42.2 Å². The summed E-state index contributed by atoms with van der Waals surface area (Å²) in [4.78, 5) is 25.9. The zero-order valence-electron chi connectivity index (χ0n) is 16.2. The molecule has 0 bridgehead atoms. The van der Waals surface area contributed by atoms with Gasteiger partial charge in [0.2, 0.25) is 0 Å². The van der Waals surface area contributed by atoms with Crippen molar-refractivity contribution in [1.82, 2.24) is 0 Å². The molecule has 0 fully saturated rings. The van der Waals surface area contributed by atoms with E-state index in [1.165, 1.54) is 4.90 Å². The Kier molecular flexibility index (Phi) is 9.46. The molecule has 0 saturated heterocycles. The molecule has 142 valence electrons. The summed E-state index contributed by atoms with van der Waals surface area (Å²) in [5.41, 5.74) is 1.88. The molecule has 0 unspecified atom stereocenters. The van der Waals surface area contributed by atoms with Crippen LogP contribution in [0.3, 0.4) is 0 Å². The number of hydrogen-bond acceptors (Lipinski definition) is 3. The first-order valence-electron chi connectivity index (χ1n) is 8.60. The van der Waals surface area contributed by atoms with Crippen LogP contribution in [0.25, 0.3) is 0 Å². The predicted octanol–water partition coefficient (Wildman–Crippen LogP) is 5.03. The van der Waals surface area contributed by atoms with E-state index in [0.29, 0.717) is 12.9 Å². The third kappa shape index (κ3) is 7.97. The van der Waals surface area contributed by atoms with Crippen molar-refractivity contribution < 1.29 is 14.3 Å². The Balaban J connectivity index is 3.06. The minimum Gasteiger partial charge on any atom is -0.361 e. The third-order valence-electron chi connectivity index (χ3n) is 3.58. The van der Waals surface area contributed by atoms with Crippen LogP contribution in [-0.4, -0.2) is 33.6 Å². The summed E-state index contributed by atoms with van der Waals surface area (Å²) in [6.45, 7) is 11.4. The van der Waals surface area contributed by atoms with Crippen molar-refractivity contribution in [1.29, 1.82) is 0 Å². The Morgan fingerprint density at radius 2 is 1.85 bits per heavy atom.